The third-order valence-corrected chi connectivity index (χ3v) is 2.60. The lowest BCUT2D eigenvalue weighted by Gasteiger charge is -2.09. The van der Waals surface area contributed by atoms with Crippen molar-refractivity contribution in [1.82, 2.24) is 10.6 Å². The fourth-order valence-corrected chi connectivity index (χ4v) is 1.71. The lowest BCUT2D eigenvalue weighted by atomic mass is 10.1. The Morgan fingerprint density at radius 1 is 1.47 bits per heavy atom. The van der Waals surface area contributed by atoms with E-state index in [1.807, 2.05) is 0 Å². The Hall–Kier alpha value is -0.490. The van der Waals surface area contributed by atoms with E-state index in [4.69, 9.17) is 5.26 Å². The lowest BCUT2D eigenvalue weighted by Crippen LogP contribution is -2.31. The summed E-state index contributed by atoms with van der Waals surface area (Å²) in [7, 11) is 0. The summed E-state index contributed by atoms with van der Waals surface area (Å²) in [5, 5.41) is 14.5. The van der Waals surface area contributed by atoms with E-state index in [9.17, 15) is 4.79 Å². The fourth-order valence-electron chi connectivity index (χ4n) is 1.71. The van der Waals surface area contributed by atoms with Crippen LogP contribution < -0.4 is 10.6 Å². The van der Waals surface area contributed by atoms with Gasteiger partial charge in [0.05, 0.1) is 12.6 Å². The summed E-state index contributed by atoms with van der Waals surface area (Å²) in [5.74, 6) is 0.338. The molecule has 1 saturated heterocycles. The van der Waals surface area contributed by atoms with Gasteiger partial charge in [-0.05, 0) is 32.4 Å². The molecule has 0 bridgehead atoms. The second-order valence-electron chi connectivity index (χ2n) is 3.80. The highest BCUT2D eigenvalue weighted by molar-refractivity contribution is 5.86. The van der Waals surface area contributed by atoms with Crippen LogP contribution in [0.1, 0.15) is 25.7 Å². The molecule has 5 heteroatoms. The summed E-state index contributed by atoms with van der Waals surface area (Å²) in [6.45, 7) is 3.00. The van der Waals surface area contributed by atoms with Crippen LogP contribution in [0.25, 0.3) is 0 Å². The maximum Gasteiger partial charge on any atom is 0.151 e. The molecule has 0 radical (unpaired) electrons. The van der Waals surface area contributed by atoms with E-state index in [1.54, 1.807) is 0 Å². The van der Waals surface area contributed by atoms with Gasteiger partial charge in [-0.2, -0.15) is 0 Å². The molecule has 0 aromatic heterocycles. The third-order valence-electron chi connectivity index (χ3n) is 2.60. The average molecular weight is 216 g/mol. The molecule has 88 valence electrons. The van der Waals surface area contributed by atoms with Crippen LogP contribution in [0.2, 0.25) is 0 Å². The molecule has 5 nitrogen and oxygen atoms in total. The number of carbonyl (C=O) groups excluding carboxylic acids is 1. The monoisotopic (exact) mass is 216 g/mol. The second-order valence-corrected chi connectivity index (χ2v) is 3.80. The van der Waals surface area contributed by atoms with Crippen molar-refractivity contribution in [3.63, 3.8) is 0 Å². The van der Waals surface area contributed by atoms with Crippen molar-refractivity contribution < 1.29 is 14.9 Å². The van der Waals surface area contributed by atoms with Crippen LogP contribution in [0.4, 0.5) is 0 Å². The first-order valence-corrected chi connectivity index (χ1v) is 5.58. The zero-order valence-corrected chi connectivity index (χ0v) is 9.00. The Kier molecular flexibility index (Phi) is 6.50. The Labute approximate surface area is 90.1 Å². The normalized spacial score (nSPS) is 21.1. The maximum absolute atomic E-state index is 11.2. The minimum absolute atomic E-state index is 0.0678. The molecule has 1 aliphatic rings. The molecule has 0 spiro atoms. The van der Waals surface area contributed by atoms with Crippen molar-refractivity contribution in [1.29, 1.82) is 0 Å². The summed E-state index contributed by atoms with van der Waals surface area (Å²) in [6, 6.07) is 0.0678. The molecule has 1 aliphatic heterocycles. The highest BCUT2D eigenvalue weighted by Crippen LogP contribution is 2.03. The standard InChI is InChI=1S/C10H20N2O3/c13-10-4-7-12-9(10)3-6-11-5-1-2-8-15-14/h9,11-12,14H,1-8H2. The van der Waals surface area contributed by atoms with Crippen LogP contribution in [0.15, 0.2) is 0 Å². The molecule has 0 saturated carbocycles. The van der Waals surface area contributed by atoms with Gasteiger partial charge in [0.25, 0.3) is 0 Å². The van der Waals surface area contributed by atoms with Crippen molar-refractivity contribution >= 4 is 5.78 Å². The van der Waals surface area contributed by atoms with Crippen molar-refractivity contribution in [3.05, 3.63) is 0 Å². The molecule has 0 aliphatic carbocycles. The number of hydrogen-bond acceptors (Lipinski definition) is 5. The number of hydrogen-bond donors (Lipinski definition) is 3. The Morgan fingerprint density at radius 3 is 3.00 bits per heavy atom. The van der Waals surface area contributed by atoms with Crippen LogP contribution in [-0.2, 0) is 9.68 Å². The van der Waals surface area contributed by atoms with Gasteiger partial charge >= 0.3 is 0 Å². The summed E-state index contributed by atoms with van der Waals surface area (Å²) in [5.41, 5.74) is 0. The lowest BCUT2D eigenvalue weighted by molar-refractivity contribution is -0.242. The zero-order chi connectivity index (χ0) is 10.9. The van der Waals surface area contributed by atoms with E-state index in [0.717, 1.165) is 38.9 Å². The van der Waals surface area contributed by atoms with Gasteiger partial charge in [-0.25, -0.2) is 4.89 Å². The fraction of sp³-hybridized carbons (Fsp3) is 0.900. The molecule has 3 N–H and O–H groups in total. The van der Waals surface area contributed by atoms with Gasteiger partial charge in [0, 0.05) is 13.0 Å². The SMILES string of the molecule is O=C1CCNC1CCNCCCCOO. The Morgan fingerprint density at radius 2 is 2.33 bits per heavy atom. The molecule has 1 rings (SSSR count). The van der Waals surface area contributed by atoms with E-state index in [2.05, 4.69) is 15.5 Å². The van der Waals surface area contributed by atoms with Crippen LogP contribution in [0.5, 0.6) is 0 Å². The van der Waals surface area contributed by atoms with Gasteiger partial charge in [-0.1, -0.05) is 0 Å². The van der Waals surface area contributed by atoms with E-state index in [0.29, 0.717) is 18.8 Å². The highest BCUT2D eigenvalue weighted by atomic mass is 17.1. The second kappa shape index (κ2) is 7.76. The summed E-state index contributed by atoms with van der Waals surface area (Å²) in [6.07, 6.45) is 3.38. The Bertz CT molecular complexity index is 188. The van der Waals surface area contributed by atoms with Crippen LogP contribution >= 0.6 is 0 Å². The average Bonchev–Trinajstić information content (AvgIpc) is 2.63. The molecule has 0 aromatic carbocycles. The van der Waals surface area contributed by atoms with Gasteiger partial charge < -0.3 is 10.6 Å². The minimum Gasteiger partial charge on any atom is -0.317 e. The van der Waals surface area contributed by atoms with E-state index < -0.39 is 0 Å². The number of carbonyl (C=O) groups is 1. The van der Waals surface area contributed by atoms with Crippen molar-refractivity contribution in [3.8, 4) is 0 Å². The number of Topliss-reactive ketones (excluding diaryl/α,β-unsaturated/α-hetero) is 1. The predicted octanol–water partition coefficient (Wildman–Crippen LogP) is 0.167. The number of ketones is 1. The molecule has 1 heterocycles. The molecule has 0 amide bonds. The predicted molar refractivity (Wildman–Crippen MR) is 56.7 cm³/mol. The molecular weight excluding hydrogens is 196 g/mol. The Balaban J connectivity index is 1.86. The van der Waals surface area contributed by atoms with Gasteiger partial charge in [0.15, 0.2) is 5.78 Å². The zero-order valence-electron chi connectivity index (χ0n) is 9.00. The van der Waals surface area contributed by atoms with E-state index >= 15 is 0 Å². The quantitative estimate of drug-likeness (QED) is 0.306. The summed E-state index contributed by atoms with van der Waals surface area (Å²) >= 11 is 0. The first-order valence-electron chi connectivity index (χ1n) is 5.58. The van der Waals surface area contributed by atoms with E-state index in [1.165, 1.54) is 0 Å². The van der Waals surface area contributed by atoms with E-state index in [-0.39, 0.29) is 6.04 Å². The number of rotatable bonds is 8. The first-order chi connectivity index (χ1) is 7.34. The molecule has 0 aromatic rings. The first kappa shape index (κ1) is 12.6. The maximum atomic E-state index is 11.2. The van der Waals surface area contributed by atoms with Gasteiger partial charge in [-0.15, -0.1) is 0 Å². The van der Waals surface area contributed by atoms with Gasteiger partial charge in [-0.3, -0.25) is 10.1 Å². The van der Waals surface area contributed by atoms with Crippen LogP contribution in [0, 0.1) is 0 Å². The largest absolute Gasteiger partial charge is 0.317 e. The van der Waals surface area contributed by atoms with Gasteiger partial charge in [0.1, 0.15) is 0 Å². The van der Waals surface area contributed by atoms with Crippen molar-refractivity contribution in [2.75, 3.05) is 26.2 Å². The highest BCUT2D eigenvalue weighted by Gasteiger charge is 2.22. The third kappa shape index (κ3) is 5.22. The smallest absolute Gasteiger partial charge is 0.151 e. The molecule has 15 heavy (non-hydrogen) atoms. The summed E-state index contributed by atoms with van der Waals surface area (Å²) < 4.78 is 0. The van der Waals surface area contributed by atoms with Crippen molar-refractivity contribution in [2.24, 2.45) is 0 Å². The van der Waals surface area contributed by atoms with Crippen LogP contribution in [0.3, 0.4) is 0 Å². The molecule has 1 unspecified atom stereocenters. The molecule has 1 fully saturated rings. The molecular formula is C10H20N2O3. The van der Waals surface area contributed by atoms with Crippen molar-refractivity contribution in [2.45, 2.75) is 31.7 Å². The van der Waals surface area contributed by atoms with Gasteiger partial charge in [0.2, 0.25) is 0 Å². The number of unbranched alkanes of at least 4 members (excludes halogenated alkanes) is 1. The number of nitrogens with one attached hydrogen (secondary N) is 2. The topological polar surface area (TPSA) is 70.6 Å². The summed E-state index contributed by atoms with van der Waals surface area (Å²) in [4.78, 5) is 15.2. The minimum atomic E-state index is 0.0678. The molecule has 1 atom stereocenters. The van der Waals surface area contributed by atoms with Crippen LogP contribution in [-0.4, -0.2) is 43.3 Å².